The molecule has 0 saturated carbocycles. The zero-order valence-corrected chi connectivity index (χ0v) is 30.5. The number of phenols is 2. The second-order valence-electron chi connectivity index (χ2n) is 12.2. The quantitative estimate of drug-likeness (QED) is 0.284. The van der Waals surface area contributed by atoms with Crippen molar-refractivity contribution in [3.05, 3.63) is 87.0 Å². The van der Waals surface area contributed by atoms with Gasteiger partial charge in [-0.3, -0.25) is 9.80 Å². The molecular formula is C35H35AcN3O6. The Bertz CT molecular complexity index is 1750. The number of rotatable bonds is 4. The Hall–Kier alpha value is -3.08. The summed E-state index contributed by atoms with van der Waals surface area (Å²) in [7, 11) is 2.01. The van der Waals surface area contributed by atoms with Gasteiger partial charge in [-0.1, -0.05) is 36.4 Å². The van der Waals surface area contributed by atoms with Crippen LogP contribution in [0.15, 0.2) is 42.5 Å². The van der Waals surface area contributed by atoms with Gasteiger partial charge < -0.3 is 24.4 Å². The molecule has 3 aromatic carbocycles. The summed E-state index contributed by atoms with van der Waals surface area (Å²) in [5, 5.41) is 33.8. The van der Waals surface area contributed by atoms with Crippen LogP contribution >= 0.6 is 0 Å². The molecule has 1 fully saturated rings. The van der Waals surface area contributed by atoms with Crippen molar-refractivity contribution in [1.29, 1.82) is 5.26 Å². The van der Waals surface area contributed by atoms with Crippen molar-refractivity contribution in [2.45, 2.75) is 63.8 Å². The summed E-state index contributed by atoms with van der Waals surface area (Å²) in [6.07, 6.45) is 4.09. The first-order valence-corrected chi connectivity index (χ1v) is 15.0. The maximum Gasteiger partial charge on any atom is 0.330 e. The van der Waals surface area contributed by atoms with Crippen LogP contribution in [-0.2, 0) is 22.4 Å². The molecule has 9 nitrogen and oxygen atoms in total. The third-order valence-corrected chi connectivity index (χ3v) is 10.1. The number of nitriles is 1. The molecule has 1 unspecified atom stereocenters. The molecule has 4 heterocycles. The van der Waals surface area contributed by atoms with Crippen molar-refractivity contribution in [2.75, 3.05) is 20.4 Å². The van der Waals surface area contributed by atoms with Crippen molar-refractivity contribution in [3.8, 4) is 29.1 Å². The predicted molar refractivity (Wildman–Crippen MR) is 162 cm³/mol. The molecule has 4 aliphatic heterocycles. The van der Waals surface area contributed by atoms with Crippen molar-refractivity contribution < 1.29 is 73.3 Å². The Labute approximate surface area is 298 Å². The SMILES string of the molecule is Cc1cc2c(c(O)c1C)[C@@H]1C3Cc4c(O)c(C)c5c(c4[C@H](COC(=O)/C=C/c4ccccc4)N3[C@@H](C#N)[C@@H](C2)N1C)OCO5.[Ac]. The van der Waals surface area contributed by atoms with Crippen LogP contribution < -0.4 is 9.47 Å². The monoisotopic (exact) mass is 820 g/mol. The average Bonchev–Trinajstić information content (AvgIpc) is 3.51. The average molecular weight is 821 g/mol. The summed E-state index contributed by atoms with van der Waals surface area (Å²) in [6.45, 7) is 5.67. The predicted octanol–water partition coefficient (Wildman–Crippen LogP) is 4.78. The van der Waals surface area contributed by atoms with E-state index < -0.39 is 18.1 Å². The van der Waals surface area contributed by atoms with Crippen molar-refractivity contribution in [1.82, 2.24) is 9.80 Å². The van der Waals surface area contributed by atoms with E-state index in [2.05, 4.69) is 21.9 Å². The molecule has 229 valence electrons. The summed E-state index contributed by atoms with van der Waals surface area (Å²) in [5.74, 6) is 0.862. The Balaban J connectivity index is 0.00000357. The molecule has 4 aliphatic rings. The van der Waals surface area contributed by atoms with Gasteiger partial charge in [0.05, 0.1) is 18.2 Å². The number of fused-ring (bicyclic) bond motifs is 9. The number of hydrogen-bond acceptors (Lipinski definition) is 9. The van der Waals surface area contributed by atoms with E-state index in [-0.39, 0.29) is 87.1 Å². The molecule has 2 bridgehead atoms. The maximum atomic E-state index is 13.0. The van der Waals surface area contributed by atoms with Gasteiger partial charge in [-0.2, -0.15) is 5.26 Å². The van der Waals surface area contributed by atoms with Gasteiger partial charge >= 0.3 is 5.97 Å². The van der Waals surface area contributed by atoms with E-state index in [1.807, 2.05) is 51.2 Å². The second-order valence-corrected chi connectivity index (χ2v) is 12.2. The number of benzene rings is 3. The summed E-state index contributed by atoms with van der Waals surface area (Å²) in [4.78, 5) is 17.4. The summed E-state index contributed by atoms with van der Waals surface area (Å²) < 4.78 is 17.7. The second kappa shape index (κ2) is 12.3. The van der Waals surface area contributed by atoms with Crippen LogP contribution in [-0.4, -0.2) is 64.6 Å². The first-order valence-electron chi connectivity index (χ1n) is 15.0. The Morgan fingerprint density at radius 2 is 1.78 bits per heavy atom. The van der Waals surface area contributed by atoms with Crippen LogP contribution in [0.2, 0.25) is 0 Å². The molecule has 1 saturated heterocycles. The van der Waals surface area contributed by atoms with Crippen LogP contribution in [0.1, 0.15) is 56.6 Å². The van der Waals surface area contributed by atoms with Crippen molar-refractivity contribution in [2.24, 2.45) is 0 Å². The summed E-state index contributed by atoms with van der Waals surface area (Å²) in [6, 6.07) is 12.3. The zero-order chi connectivity index (χ0) is 30.9. The summed E-state index contributed by atoms with van der Waals surface area (Å²) >= 11 is 0. The van der Waals surface area contributed by atoms with E-state index in [0.29, 0.717) is 41.0 Å². The topological polar surface area (TPSA) is 115 Å². The number of nitrogens with zero attached hydrogens (tertiary/aromatic N) is 3. The standard InChI is InChI=1S/C35H35N3O6.Ac/c1-18-12-22-13-24-26(15-36)38-25(31(37(24)4)29(22)33(41)19(18)2)14-23-30(35-34(43-17-44-35)20(3)32(23)40)27(38)16-42-28(39)11-10-21-8-6-5-7-9-21;/h5-12,24-27,31,40-41H,13-14,16-17H2,1-4H3;/b11-10+;/t24-,25?,26+,27+,31+;/m1./s1. The first kappa shape index (κ1) is 31.9. The van der Waals surface area contributed by atoms with Gasteiger partial charge in [-0.25, -0.2) is 4.79 Å². The van der Waals surface area contributed by atoms with E-state index >= 15 is 0 Å². The molecule has 3 aromatic rings. The maximum absolute atomic E-state index is 13.0. The van der Waals surface area contributed by atoms with Gasteiger partial charge in [0.1, 0.15) is 24.1 Å². The van der Waals surface area contributed by atoms with Gasteiger partial charge in [-0.15, -0.1) is 0 Å². The molecule has 0 aromatic heterocycles. The molecule has 0 aliphatic carbocycles. The van der Waals surface area contributed by atoms with Gasteiger partial charge in [0, 0.05) is 84.5 Å². The number of phenolic OH excluding ortho intramolecular Hbond substituents is 2. The van der Waals surface area contributed by atoms with Gasteiger partial charge in [0.2, 0.25) is 6.79 Å². The van der Waals surface area contributed by atoms with Crippen LogP contribution in [0.3, 0.4) is 0 Å². The van der Waals surface area contributed by atoms with E-state index in [1.54, 1.807) is 13.0 Å². The van der Waals surface area contributed by atoms with Crippen LogP contribution in [0.25, 0.3) is 6.08 Å². The molecule has 5 atom stereocenters. The fourth-order valence-corrected chi connectivity index (χ4v) is 7.81. The summed E-state index contributed by atoms with van der Waals surface area (Å²) in [5.41, 5.74) is 6.58. The smallest absolute Gasteiger partial charge is 0.330 e. The molecule has 0 spiro atoms. The minimum Gasteiger partial charge on any atom is -0.507 e. The number of carbonyl (C=O) groups is 1. The number of piperazine rings is 1. The van der Waals surface area contributed by atoms with Crippen molar-refractivity contribution in [3.63, 3.8) is 0 Å². The zero-order valence-electron chi connectivity index (χ0n) is 25.8. The van der Waals surface area contributed by atoms with Gasteiger partial charge in [0.15, 0.2) is 11.5 Å². The number of hydrogen-bond donors (Lipinski definition) is 2. The normalized spacial score (nSPS) is 24.6. The van der Waals surface area contributed by atoms with Crippen LogP contribution in [0.4, 0.5) is 0 Å². The molecule has 1 radical (unpaired) electrons. The fourth-order valence-electron chi connectivity index (χ4n) is 7.81. The van der Waals surface area contributed by atoms with E-state index in [4.69, 9.17) is 14.2 Å². The molecule has 10 heteroatoms. The Morgan fingerprint density at radius 1 is 1.04 bits per heavy atom. The molecule has 45 heavy (non-hydrogen) atoms. The Morgan fingerprint density at radius 3 is 2.51 bits per heavy atom. The van der Waals surface area contributed by atoms with Gasteiger partial charge in [-0.05, 0) is 69.0 Å². The molecular weight excluding hydrogens is 785 g/mol. The third-order valence-electron chi connectivity index (χ3n) is 10.1. The number of ether oxygens (including phenoxy) is 3. The number of aromatic hydroxyl groups is 2. The van der Waals surface area contributed by atoms with Gasteiger partial charge in [0.25, 0.3) is 0 Å². The number of carbonyl (C=O) groups excluding carboxylic acids is 1. The number of likely N-dealkylation sites (N-methyl/N-ethyl adjacent to an activating group) is 1. The van der Waals surface area contributed by atoms with E-state index in [1.165, 1.54) is 6.08 Å². The van der Waals surface area contributed by atoms with E-state index in [9.17, 15) is 20.3 Å². The molecule has 0 amide bonds. The first-order chi connectivity index (χ1) is 21.2. The molecule has 7 rings (SSSR count). The number of esters is 1. The third kappa shape index (κ3) is 5.04. The van der Waals surface area contributed by atoms with Crippen molar-refractivity contribution >= 4 is 12.0 Å². The fraction of sp³-hybridized carbons (Fsp3) is 0.371. The van der Waals surface area contributed by atoms with Crippen LogP contribution in [0, 0.1) is 76.2 Å². The molecule has 2 N–H and O–H groups in total. The minimum atomic E-state index is -0.599. The Kier molecular flexibility index (Phi) is 8.69. The van der Waals surface area contributed by atoms with E-state index in [0.717, 1.165) is 27.8 Å². The largest absolute Gasteiger partial charge is 0.507 e. The number of aryl methyl sites for hydroxylation is 1. The van der Waals surface area contributed by atoms with Crippen LogP contribution in [0.5, 0.6) is 23.0 Å². The minimum absolute atomic E-state index is 0.